The Balaban J connectivity index is 2.11. The number of nitrogens with one attached hydrogen (secondary N) is 1. The number of nitrogens with two attached hydrogens (primary N) is 1. The van der Waals surface area contributed by atoms with Crippen molar-refractivity contribution in [3.8, 4) is 0 Å². The molecular weight excluding hydrogens is 212 g/mol. The Morgan fingerprint density at radius 1 is 1.53 bits per heavy atom. The van der Waals surface area contributed by atoms with Crippen LogP contribution in [0.15, 0.2) is 0 Å². The topological polar surface area (TPSA) is 72.2 Å². The SMILES string of the molecule is CC(CCN)NCCC1CCS(=O)(=O)C1. The third-order valence-electron chi connectivity index (χ3n) is 2.97. The van der Waals surface area contributed by atoms with Gasteiger partial charge in [-0.3, -0.25) is 0 Å². The lowest BCUT2D eigenvalue weighted by Crippen LogP contribution is -2.30. The summed E-state index contributed by atoms with van der Waals surface area (Å²) in [7, 11) is -2.70. The molecule has 0 aliphatic carbocycles. The Morgan fingerprint density at radius 2 is 2.27 bits per heavy atom. The van der Waals surface area contributed by atoms with Crippen molar-refractivity contribution >= 4 is 9.84 Å². The van der Waals surface area contributed by atoms with Gasteiger partial charge in [0.1, 0.15) is 0 Å². The zero-order valence-corrected chi connectivity index (χ0v) is 10.2. The largest absolute Gasteiger partial charge is 0.330 e. The van der Waals surface area contributed by atoms with Crippen LogP contribution in [0.2, 0.25) is 0 Å². The van der Waals surface area contributed by atoms with Crippen LogP contribution in [0.3, 0.4) is 0 Å². The summed E-state index contributed by atoms with van der Waals surface area (Å²) in [5.74, 6) is 1.14. The summed E-state index contributed by atoms with van der Waals surface area (Å²) in [4.78, 5) is 0. The quantitative estimate of drug-likeness (QED) is 0.685. The first kappa shape index (κ1) is 12.9. The number of sulfone groups is 1. The molecule has 1 aliphatic heterocycles. The molecule has 0 bridgehead atoms. The molecular formula is C10H22N2O2S. The van der Waals surface area contributed by atoms with Gasteiger partial charge in [-0.15, -0.1) is 0 Å². The minimum Gasteiger partial charge on any atom is -0.330 e. The van der Waals surface area contributed by atoms with Crippen LogP contribution >= 0.6 is 0 Å². The van der Waals surface area contributed by atoms with E-state index in [1.54, 1.807) is 0 Å². The standard InChI is InChI=1S/C10H22N2O2S/c1-9(2-5-11)12-6-3-10-4-7-15(13,14)8-10/h9-10,12H,2-8,11H2,1H3. The van der Waals surface area contributed by atoms with Crippen LogP contribution < -0.4 is 11.1 Å². The van der Waals surface area contributed by atoms with Gasteiger partial charge in [0.05, 0.1) is 11.5 Å². The van der Waals surface area contributed by atoms with E-state index < -0.39 is 9.84 Å². The fourth-order valence-electron chi connectivity index (χ4n) is 1.99. The van der Waals surface area contributed by atoms with Crippen LogP contribution in [0.25, 0.3) is 0 Å². The molecule has 3 N–H and O–H groups in total. The summed E-state index contributed by atoms with van der Waals surface area (Å²) < 4.78 is 22.4. The van der Waals surface area contributed by atoms with Crippen LogP contribution in [0.5, 0.6) is 0 Å². The maximum absolute atomic E-state index is 11.2. The third kappa shape index (κ3) is 4.95. The van der Waals surface area contributed by atoms with E-state index >= 15 is 0 Å². The second kappa shape index (κ2) is 5.82. The Labute approximate surface area is 92.5 Å². The molecule has 4 nitrogen and oxygen atoms in total. The summed E-state index contributed by atoms with van der Waals surface area (Å²) in [6.07, 6.45) is 2.78. The molecule has 1 saturated heterocycles. The number of rotatable bonds is 6. The summed E-state index contributed by atoms with van der Waals surface area (Å²) in [6, 6.07) is 0.438. The second-order valence-electron chi connectivity index (χ2n) is 4.49. The van der Waals surface area contributed by atoms with Gasteiger partial charge in [-0.05, 0) is 45.2 Å². The maximum Gasteiger partial charge on any atom is 0.150 e. The number of hydrogen-bond acceptors (Lipinski definition) is 4. The molecule has 15 heavy (non-hydrogen) atoms. The summed E-state index contributed by atoms with van der Waals surface area (Å²) >= 11 is 0. The van der Waals surface area contributed by atoms with Crippen molar-refractivity contribution in [2.24, 2.45) is 11.7 Å². The average Bonchev–Trinajstić information content (AvgIpc) is 2.46. The molecule has 2 unspecified atom stereocenters. The van der Waals surface area contributed by atoms with E-state index in [-0.39, 0.29) is 0 Å². The molecule has 1 aliphatic rings. The van der Waals surface area contributed by atoms with E-state index in [9.17, 15) is 8.42 Å². The van der Waals surface area contributed by atoms with E-state index in [2.05, 4.69) is 12.2 Å². The summed E-state index contributed by atoms with van der Waals surface area (Å²) in [5.41, 5.74) is 5.44. The Hall–Kier alpha value is -0.130. The lowest BCUT2D eigenvalue weighted by atomic mass is 10.1. The van der Waals surface area contributed by atoms with Crippen molar-refractivity contribution in [3.63, 3.8) is 0 Å². The molecule has 1 fully saturated rings. The van der Waals surface area contributed by atoms with Gasteiger partial charge in [0.25, 0.3) is 0 Å². The molecule has 0 saturated carbocycles. The minimum absolute atomic E-state index is 0.368. The predicted molar refractivity (Wildman–Crippen MR) is 62.5 cm³/mol. The highest BCUT2D eigenvalue weighted by Gasteiger charge is 2.27. The second-order valence-corrected chi connectivity index (χ2v) is 6.72. The van der Waals surface area contributed by atoms with Crippen molar-refractivity contribution < 1.29 is 8.42 Å². The molecule has 0 amide bonds. The van der Waals surface area contributed by atoms with Crippen molar-refractivity contribution in [1.29, 1.82) is 0 Å². The van der Waals surface area contributed by atoms with Gasteiger partial charge in [0.2, 0.25) is 0 Å². The predicted octanol–water partition coefficient (Wildman–Crippen LogP) is 0.138. The van der Waals surface area contributed by atoms with Gasteiger partial charge >= 0.3 is 0 Å². The Kier molecular flexibility index (Phi) is 5.02. The van der Waals surface area contributed by atoms with Gasteiger partial charge in [-0.2, -0.15) is 0 Å². The van der Waals surface area contributed by atoms with E-state index in [0.29, 0.717) is 30.0 Å². The van der Waals surface area contributed by atoms with Crippen molar-refractivity contribution in [2.75, 3.05) is 24.6 Å². The Bertz CT molecular complexity index is 277. The summed E-state index contributed by atoms with van der Waals surface area (Å²) in [5, 5.41) is 3.36. The highest BCUT2D eigenvalue weighted by Crippen LogP contribution is 2.20. The lowest BCUT2D eigenvalue weighted by Gasteiger charge is -2.14. The van der Waals surface area contributed by atoms with E-state index in [1.807, 2.05) is 0 Å². The van der Waals surface area contributed by atoms with Gasteiger partial charge in [-0.1, -0.05) is 0 Å². The van der Waals surface area contributed by atoms with E-state index in [0.717, 1.165) is 25.8 Å². The molecule has 90 valence electrons. The molecule has 1 rings (SSSR count). The van der Waals surface area contributed by atoms with Crippen LogP contribution in [0, 0.1) is 5.92 Å². The number of hydrogen-bond donors (Lipinski definition) is 2. The third-order valence-corrected chi connectivity index (χ3v) is 4.81. The molecule has 2 atom stereocenters. The first-order chi connectivity index (χ1) is 7.03. The zero-order chi connectivity index (χ0) is 11.3. The van der Waals surface area contributed by atoms with Crippen LogP contribution in [-0.4, -0.2) is 39.1 Å². The molecule has 1 heterocycles. The minimum atomic E-state index is -2.70. The van der Waals surface area contributed by atoms with Gasteiger partial charge in [0.15, 0.2) is 9.84 Å². The van der Waals surface area contributed by atoms with Crippen LogP contribution in [0.1, 0.15) is 26.2 Å². The van der Waals surface area contributed by atoms with Crippen LogP contribution in [0.4, 0.5) is 0 Å². The fraction of sp³-hybridized carbons (Fsp3) is 1.00. The van der Waals surface area contributed by atoms with E-state index in [1.165, 1.54) is 0 Å². The highest BCUT2D eigenvalue weighted by atomic mass is 32.2. The van der Waals surface area contributed by atoms with Gasteiger partial charge in [0, 0.05) is 6.04 Å². The van der Waals surface area contributed by atoms with Gasteiger partial charge in [-0.25, -0.2) is 8.42 Å². The van der Waals surface area contributed by atoms with Crippen molar-refractivity contribution in [2.45, 2.75) is 32.2 Å². The molecule has 0 aromatic carbocycles. The molecule has 0 spiro atoms. The molecule has 0 aromatic rings. The average molecular weight is 234 g/mol. The molecule has 5 heteroatoms. The monoisotopic (exact) mass is 234 g/mol. The zero-order valence-electron chi connectivity index (χ0n) is 9.41. The fourth-order valence-corrected chi connectivity index (χ4v) is 3.90. The van der Waals surface area contributed by atoms with E-state index in [4.69, 9.17) is 5.73 Å². The Morgan fingerprint density at radius 3 is 2.80 bits per heavy atom. The van der Waals surface area contributed by atoms with Crippen molar-refractivity contribution in [3.05, 3.63) is 0 Å². The smallest absolute Gasteiger partial charge is 0.150 e. The normalized spacial score (nSPS) is 26.7. The lowest BCUT2D eigenvalue weighted by molar-refractivity contribution is 0.459. The molecule has 0 aromatic heterocycles. The van der Waals surface area contributed by atoms with Gasteiger partial charge < -0.3 is 11.1 Å². The first-order valence-corrected chi connectivity index (χ1v) is 7.49. The highest BCUT2D eigenvalue weighted by molar-refractivity contribution is 7.91. The van der Waals surface area contributed by atoms with Crippen molar-refractivity contribution in [1.82, 2.24) is 5.32 Å². The maximum atomic E-state index is 11.2. The first-order valence-electron chi connectivity index (χ1n) is 5.67. The van der Waals surface area contributed by atoms with Crippen LogP contribution in [-0.2, 0) is 9.84 Å². The molecule has 0 radical (unpaired) electrons. The summed E-state index contributed by atoms with van der Waals surface area (Å²) in [6.45, 7) is 3.71.